The Kier molecular flexibility index (Phi) is 4.56. The number of aryl methyl sites for hydroxylation is 1. The Hall–Kier alpha value is -1.83. The highest BCUT2D eigenvalue weighted by Crippen LogP contribution is 2.12. The van der Waals surface area contributed by atoms with Crippen molar-refractivity contribution in [2.45, 2.75) is 12.8 Å². The maximum Gasteiger partial charge on any atom is 0.410 e. The summed E-state index contributed by atoms with van der Waals surface area (Å²) in [6.07, 6.45) is 1.15. The highest BCUT2D eigenvalue weighted by Gasteiger charge is 2.23. The molecule has 1 saturated heterocycles. The minimum atomic E-state index is -0.423. The number of nitrogen functional groups attached to an aromatic ring is 1. The molecule has 0 saturated carbocycles. The van der Waals surface area contributed by atoms with Crippen LogP contribution in [-0.2, 0) is 16.0 Å². The van der Waals surface area contributed by atoms with E-state index in [0.29, 0.717) is 24.8 Å². The molecule has 0 bridgehead atoms. The lowest BCUT2D eigenvalue weighted by Crippen LogP contribution is -2.38. The highest BCUT2D eigenvalue weighted by atomic mass is 32.1. The SMILES string of the molecule is Nc1nc(CCCNC(=O)CN2CCOC2=O)cs1. The third-order valence-electron chi connectivity index (χ3n) is 2.68. The molecule has 0 unspecified atom stereocenters. The Morgan fingerprint density at radius 3 is 3.11 bits per heavy atom. The lowest BCUT2D eigenvalue weighted by atomic mass is 10.2. The molecule has 1 aliphatic rings. The molecule has 2 heterocycles. The molecule has 2 rings (SSSR count). The number of hydrogen-bond donors (Lipinski definition) is 2. The van der Waals surface area contributed by atoms with Gasteiger partial charge in [0.05, 0.1) is 12.2 Å². The van der Waals surface area contributed by atoms with E-state index in [2.05, 4.69) is 10.3 Å². The van der Waals surface area contributed by atoms with E-state index >= 15 is 0 Å². The summed E-state index contributed by atoms with van der Waals surface area (Å²) in [6.45, 7) is 1.45. The molecule has 0 spiro atoms. The van der Waals surface area contributed by atoms with Gasteiger partial charge in [0.25, 0.3) is 0 Å². The van der Waals surface area contributed by atoms with Crippen LogP contribution in [0, 0.1) is 0 Å². The minimum Gasteiger partial charge on any atom is -0.448 e. The fraction of sp³-hybridized carbons (Fsp3) is 0.545. The number of nitrogens with zero attached hydrogens (tertiary/aromatic N) is 2. The largest absolute Gasteiger partial charge is 0.448 e. The molecular formula is C11H16N4O3S. The van der Waals surface area contributed by atoms with Crippen molar-refractivity contribution < 1.29 is 14.3 Å². The van der Waals surface area contributed by atoms with Gasteiger partial charge in [-0.1, -0.05) is 0 Å². The molecule has 0 radical (unpaired) electrons. The molecule has 0 atom stereocenters. The smallest absolute Gasteiger partial charge is 0.410 e. The molecule has 2 amide bonds. The molecule has 1 fully saturated rings. The van der Waals surface area contributed by atoms with Crippen LogP contribution in [0.2, 0.25) is 0 Å². The summed E-state index contributed by atoms with van der Waals surface area (Å²) in [7, 11) is 0. The Bertz CT molecular complexity index is 463. The van der Waals surface area contributed by atoms with E-state index in [9.17, 15) is 9.59 Å². The second kappa shape index (κ2) is 6.37. The second-order valence-corrected chi connectivity index (χ2v) is 5.06. The number of ether oxygens (including phenoxy) is 1. The zero-order valence-electron chi connectivity index (χ0n) is 10.4. The Balaban J connectivity index is 1.60. The van der Waals surface area contributed by atoms with Crippen LogP contribution in [0.15, 0.2) is 5.38 Å². The van der Waals surface area contributed by atoms with Gasteiger partial charge in [0, 0.05) is 11.9 Å². The topological polar surface area (TPSA) is 97.5 Å². The molecular weight excluding hydrogens is 268 g/mol. The summed E-state index contributed by atoms with van der Waals surface area (Å²) in [5.74, 6) is -0.170. The number of nitrogens with two attached hydrogens (primary N) is 1. The van der Waals surface area contributed by atoms with Gasteiger partial charge >= 0.3 is 6.09 Å². The van der Waals surface area contributed by atoms with E-state index in [1.54, 1.807) is 0 Å². The first kappa shape index (κ1) is 13.6. The monoisotopic (exact) mass is 284 g/mol. The lowest BCUT2D eigenvalue weighted by molar-refractivity contribution is -0.121. The van der Waals surface area contributed by atoms with Gasteiger partial charge in [-0.15, -0.1) is 11.3 Å². The van der Waals surface area contributed by atoms with Crippen molar-refractivity contribution in [2.24, 2.45) is 0 Å². The van der Waals surface area contributed by atoms with Gasteiger partial charge in [-0.3, -0.25) is 9.69 Å². The van der Waals surface area contributed by atoms with Crippen LogP contribution in [0.5, 0.6) is 0 Å². The fourth-order valence-electron chi connectivity index (χ4n) is 1.73. The summed E-state index contributed by atoms with van der Waals surface area (Å²) in [4.78, 5) is 28.2. The Morgan fingerprint density at radius 2 is 2.47 bits per heavy atom. The van der Waals surface area contributed by atoms with Gasteiger partial charge in [0.2, 0.25) is 5.91 Å². The van der Waals surface area contributed by atoms with Crippen molar-refractivity contribution in [3.63, 3.8) is 0 Å². The van der Waals surface area contributed by atoms with E-state index < -0.39 is 6.09 Å². The number of cyclic esters (lactones) is 1. The van der Waals surface area contributed by atoms with E-state index in [1.165, 1.54) is 16.2 Å². The molecule has 1 aromatic rings. The van der Waals surface area contributed by atoms with Gasteiger partial charge in [-0.2, -0.15) is 0 Å². The number of amides is 2. The first-order chi connectivity index (χ1) is 9.15. The second-order valence-electron chi connectivity index (χ2n) is 4.17. The maximum atomic E-state index is 11.6. The zero-order chi connectivity index (χ0) is 13.7. The van der Waals surface area contributed by atoms with Crippen molar-refractivity contribution in [1.82, 2.24) is 15.2 Å². The average Bonchev–Trinajstić information content (AvgIpc) is 2.95. The first-order valence-electron chi connectivity index (χ1n) is 6.03. The number of carbonyl (C=O) groups excluding carboxylic acids is 2. The van der Waals surface area contributed by atoms with Crippen molar-refractivity contribution in [3.8, 4) is 0 Å². The highest BCUT2D eigenvalue weighted by molar-refractivity contribution is 7.13. The number of rotatable bonds is 6. The number of aromatic nitrogens is 1. The van der Waals surface area contributed by atoms with Crippen LogP contribution in [0.3, 0.4) is 0 Å². The summed E-state index contributed by atoms with van der Waals surface area (Å²) < 4.78 is 4.74. The summed E-state index contributed by atoms with van der Waals surface area (Å²) in [5, 5.41) is 5.24. The molecule has 1 aliphatic heterocycles. The van der Waals surface area contributed by atoms with Crippen LogP contribution >= 0.6 is 11.3 Å². The molecule has 104 valence electrons. The van der Waals surface area contributed by atoms with Crippen LogP contribution in [0.4, 0.5) is 9.93 Å². The first-order valence-corrected chi connectivity index (χ1v) is 6.91. The standard InChI is InChI=1S/C11H16N4O3S/c12-10-14-8(7-19-10)2-1-3-13-9(16)6-15-4-5-18-11(15)17/h7H,1-6H2,(H2,12,14)(H,13,16). The Labute approximate surface area is 114 Å². The molecule has 0 aliphatic carbocycles. The van der Waals surface area contributed by atoms with Crippen LogP contribution in [0.1, 0.15) is 12.1 Å². The predicted octanol–water partition coefficient (Wildman–Crippen LogP) is 0.226. The quantitative estimate of drug-likeness (QED) is 0.729. The van der Waals surface area contributed by atoms with Crippen molar-refractivity contribution in [2.75, 3.05) is 32.0 Å². The third-order valence-corrected chi connectivity index (χ3v) is 3.40. The van der Waals surface area contributed by atoms with E-state index in [4.69, 9.17) is 10.5 Å². The van der Waals surface area contributed by atoms with Crippen LogP contribution in [0.25, 0.3) is 0 Å². The van der Waals surface area contributed by atoms with E-state index in [0.717, 1.165) is 18.5 Å². The van der Waals surface area contributed by atoms with Gasteiger partial charge < -0.3 is 15.8 Å². The lowest BCUT2D eigenvalue weighted by Gasteiger charge is -2.12. The molecule has 7 nitrogen and oxygen atoms in total. The predicted molar refractivity (Wildman–Crippen MR) is 70.8 cm³/mol. The van der Waals surface area contributed by atoms with E-state index in [1.807, 2.05) is 5.38 Å². The number of anilines is 1. The zero-order valence-corrected chi connectivity index (χ0v) is 11.2. The molecule has 0 aromatic carbocycles. The summed E-state index contributed by atoms with van der Waals surface area (Å²) in [5.41, 5.74) is 6.47. The molecule has 8 heteroatoms. The number of nitrogens with one attached hydrogen (secondary N) is 1. The van der Waals surface area contributed by atoms with Crippen LogP contribution in [-0.4, -0.2) is 48.1 Å². The number of hydrogen-bond acceptors (Lipinski definition) is 6. The summed E-state index contributed by atoms with van der Waals surface area (Å²) in [6, 6.07) is 0. The van der Waals surface area contributed by atoms with Crippen molar-refractivity contribution in [1.29, 1.82) is 0 Å². The van der Waals surface area contributed by atoms with Gasteiger partial charge in [0.1, 0.15) is 13.2 Å². The number of thiazole rings is 1. The summed E-state index contributed by atoms with van der Waals surface area (Å²) >= 11 is 1.41. The molecule has 3 N–H and O–H groups in total. The normalized spacial score (nSPS) is 14.5. The van der Waals surface area contributed by atoms with Gasteiger partial charge in [0.15, 0.2) is 5.13 Å². The fourth-order valence-corrected chi connectivity index (χ4v) is 2.33. The van der Waals surface area contributed by atoms with Crippen molar-refractivity contribution >= 4 is 28.5 Å². The third kappa shape index (κ3) is 4.09. The minimum absolute atomic E-state index is 0.0580. The number of carbonyl (C=O) groups is 2. The van der Waals surface area contributed by atoms with Gasteiger partial charge in [-0.05, 0) is 12.8 Å². The maximum absolute atomic E-state index is 11.6. The molecule has 19 heavy (non-hydrogen) atoms. The van der Waals surface area contributed by atoms with Crippen LogP contribution < -0.4 is 11.1 Å². The van der Waals surface area contributed by atoms with Crippen molar-refractivity contribution in [3.05, 3.63) is 11.1 Å². The average molecular weight is 284 g/mol. The van der Waals surface area contributed by atoms with E-state index in [-0.39, 0.29) is 12.5 Å². The molecule has 1 aromatic heterocycles. The Morgan fingerprint density at radius 1 is 1.63 bits per heavy atom. The van der Waals surface area contributed by atoms with Gasteiger partial charge in [-0.25, -0.2) is 9.78 Å².